The Bertz CT molecular complexity index is 1010. The fourth-order valence-electron chi connectivity index (χ4n) is 4.26. The molecule has 0 spiro atoms. The highest BCUT2D eigenvalue weighted by molar-refractivity contribution is 7.19. The number of aromatic nitrogens is 3. The molecule has 0 bridgehead atoms. The van der Waals surface area contributed by atoms with Crippen LogP contribution in [0.25, 0.3) is 21.8 Å². The van der Waals surface area contributed by atoms with Gasteiger partial charge in [-0.05, 0) is 43.2 Å². The van der Waals surface area contributed by atoms with Crippen LogP contribution in [0.2, 0.25) is 0 Å². The first-order chi connectivity index (χ1) is 15.3. The van der Waals surface area contributed by atoms with Crippen LogP contribution in [-0.2, 0) is 0 Å². The smallest absolute Gasteiger partial charge is 0.223 e. The van der Waals surface area contributed by atoms with Crippen molar-refractivity contribution in [2.45, 2.75) is 38.1 Å². The Morgan fingerprint density at radius 2 is 1.77 bits per heavy atom. The zero-order chi connectivity index (χ0) is 21.0. The molecule has 0 unspecified atom stereocenters. The van der Waals surface area contributed by atoms with Gasteiger partial charge in [0.25, 0.3) is 0 Å². The minimum Gasteiger partial charge on any atom is -0.351 e. The Hall–Kier alpha value is -2.58. The molecular weight excluding hydrogens is 411 g/mol. The van der Waals surface area contributed by atoms with Gasteiger partial charge in [0.2, 0.25) is 5.95 Å². The van der Waals surface area contributed by atoms with E-state index in [0.717, 1.165) is 53.1 Å². The third kappa shape index (κ3) is 4.70. The molecule has 0 radical (unpaired) electrons. The van der Waals surface area contributed by atoms with Gasteiger partial charge in [0.15, 0.2) is 5.13 Å². The Morgan fingerprint density at radius 1 is 1.00 bits per heavy atom. The van der Waals surface area contributed by atoms with Crippen molar-refractivity contribution in [3.05, 3.63) is 42.3 Å². The molecule has 1 aliphatic heterocycles. The summed E-state index contributed by atoms with van der Waals surface area (Å²) in [7, 11) is 0. The molecule has 8 heteroatoms. The minimum atomic E-state index is -0.246. The second-order valence-electron chi connectivity index (χ2n) is 8.16. The third-order valence-corrected chi connectivity index (χ3v) is 7.09. The SMILES string of the molecule is Fc1ccc(-c2nc(N3CCNCC3)sc2-c2ccnc(NC3CCCCC3)n2)cc1. The van der Waals surface area contributed by atoms with Crippen molar-refractivity contribution >= 4 is 22.4 Å². The van der Waals surface area contributed by atoms with Crippen molar-refractivity contribution in [3.8, 4) is 21.8 Å². The first-order valence-electron chi connectivity index (χ1n) is 11.1. The maximum Gasteiger partial charge on any atom is 0.223 e. The zero-order valence-corrected chi connectivity index (χ0v) is 18.3. The van der Waals surface area contributed by atoms with E-state index >= 15 is 0 Å². The maximum absolute atomic E-state index is 13.5. The normalized spacial score (nSPS) is 17.6. The third-order valence-electron chi connectivity index (χ3n) is 5.95. The topological polar surface area (TPSA) is 66.0 Å². The number of anilines is 2. The van der Waals surface area contributed by atoms with Crippen LogP contribution in [0.3, 0.4) is 0 Å². The lowest BCUT2D eigenvalue weighted by Crippen LogP contribution is -2.43. The van der Waals surface area contributed by atoms with Gasteiger partial charge < -0.3 is 15.5 Å². The standard InChI is InChI=1S/C23H27FN6S/c24-17-8-6-16(7-9-17)20-21(31-23(29-20)30-14-12-25-13-15-30)19-10-11-26-22(28-19)27-18-4-2-1-3-5-18/h6-11,18,25H,1-5,12-15H2,(H,26,27,28). The van der Waals surface area contributed by atoms with Crippen LogP contribution >= 0.6 is 11.3 Å². The molecule has 0 atom stereocenters. The number of benzene rings is 1. The van der Waals surface area contributed by atoms with Gasteiger partial charge in [0.05, 0.1) is 16.3 Å². The monoisotopic (exact) mass is 438 g/mol. The van der Waals surface area contributed by atoms with Gasteiger partial charge in [-0.2, -0.15) is 0 Å². The number of piperazine rings is 1. The predicted molar refractivity (Wildman–Crippen MR) is 124 cm³/mol. The molecule has 0 amide bonds. The van der Waals surface area contributed by atoms with Gasteiger partial charge in [-0.25, -0.2) is 19.3 Å². The first kappa shape index (κ1) is 20.3. The average molecular weight is 439 g/mol. The summed E-state index contributed by atoms with van der Waals surface area (Å²) in [4.78, 5) is 17.6. The lowest BCUT2D eigenvalue weighted by Gasteiger charge is -2.26. The van der Waals surface area contributed by atoms with Crippen molar-refractivity contribution in [1.29, 1.82) is 0 Å². The van der Waals surface area contributed by atoms with Gasteiger partial charge in [-0.3, -0.25) is 0 Å². The van der Waals surface area contributed by atoms with Crippen LogP contribution in [0.4, 0.5) is 15.5 Å². The molecule has 1 saturated carbocycles. The molecule has 2 aliphatic rings. The Balaban J connectivity index is 1.50. The van der Waals surface area contributed by atoms with E-state index < -0.39 is 0 Å². The molecule has 6 nitrogen and oxygen atoms in total. The summed E-state index contributed by atoms with van der Waals surface area (Å²) in [6, 6.07) is 8.93. The highest BCUT2D eigenvalue weighted by Gasteiger charge is 2.22. The summed E-state index contributed by atoms with van der Waals surface area (Å²) in [5.41, 5.74) is 2.60. The summed E-state index contributed by atoms with van der Waals surface area (Å²) in [5.74, 6) is 0.426. The molecular formula is C23H27FN6S. The zero-order valence-electron chi connectivity index (χ0n) is 17.5. The summed E-state index contributed by atoms with van der Waals surface area (Å²) >= 11 is 1.65. The van der Waals surface area contributed by atoms with Crippen molar-refractivity contribution in [1.82, 2.24) is 20.3 Å². The molecule has 1 aliphatic carbocycles. The van der Waals surface area contributed by atoms with Gasteiger partial charge in [-0.1, -0.05) is 30.6 Å². The van der Waals surface area contributed by atoms with E-state index in [1.54, 1.807) is 23.5 Å². The van der Waals surface area contributed by atoms with Crippen molar-refractivity contribution < 1.29 is 4.39 Å². The Morgan fingerprint density at radius 3 is 2.55 bits per heavy atom. The second-order valence-corrected chi connectivity index (χ2v) is 9.14. The van der Waals surface area contributed by atoms with Crippen molar-refractivity contribution in [2.75, 3.05) is 36.4 Å². The average Bonchev–Trinajstić information content (AvgIpc) is 3.27. The maximum atomic E-state index is 13.5. The highest BCUT2D eigenvalue weighted by atomic mass is 32.1. The van der Waals surface area contributed by atoms with E-state index in [4.69, 9.17) is 9.97 Å². The summed E-state index contributed by atoms with van der Waals surface area (Å²) < 4.78 is 13.5. The summed E-state index contributed by atoms with van der Waals surface area (Å²) in [6.45, 7) is 3.75. The quantitative estimate of drug-likeness (QED) is 0.609. The van der Waals surface area contributed by atoms with E-state index in [1.807, 2.05) is 12.3 Å². The van der Waals surface area contributed by atoms with Crippen LogP contribution in [0.15, 0.2) is 36.5 Å². The second kappa shape index (κ2) is 9.28. The van der Waals surface area contributed by atoms with E-state index in [1.165, 1.54) is 44.2 Å². The van der Waals surface area contributed by atoms with E-state index in [0.29, 0.717) is 12.0 Å². The Labute approximate surface area is 186 Å². The van der Waals surface area contributed by atoms with E-state index in [2.05, 4.69) is 20.5 Å². The predicted octanol–water partition coefficient (Wildman–Crippen LogP) is 4.56. The number of hydrogen-bond donors (Lipinski definition) is 2. The molecule has 5 rings (SSSR count). The van der Waals surface area contributed by atoms with E-state index in [-0.39, 0.29) is 5.82 Å². The molecule has 3 heterocycles. The van der Waals surface area contributed by atoms with Crippen LogP contribution in [-0.4, -0.2) is 47.2 Å². The largest absolute Gasteiger partial charge is 0.351 e. The molecule has 1 saturated heterocycles. The number of rotatable bonds is 5. The number of nitrogens with zero attached hydrogens (tertiary/aromatic N) is 4. The van der Waals surface area contributed by atoms with Gasteiger partial charge in [-0.15, -0.1) is 0 Å². The first-order valence-corrected chi connectivity index (χ1v) is 11.9. The van der Waals surface area contributed by atoms with Crippen LogP contribution in [0.5, 0.6) is 0 Å². The summed E-state index contributed by atoms with van der Waals surface area (Å²) in [6.07, 6.45) is 7.98. The molecule has 31 heavy (non-hydrogen) atoms. The summed E-state index contributed by atoms with van der Waals surface area (Å²) in [5, 5.41) is 7.89. The number of nitrogens with one attached hydrogen (secondary N) is 2. The van der Waals surface area contributed by atoms with E-state index in [9.17, 15) is 4.39 Å². The number of halogens is 1. The Kier molecular flexibility index (Phi) is 6.08. The molecule has 2 aromatic heterocycles. The van der Waals surface area contributed by atoms with Crippen LogP contribution < -0.4 is 15.5 Å². The van der Waals surface area contributed by atoms with Crippen molar-refractivity contribution in [2.24, 2.45) is 0 Å². The molecule has 2 fully saturated rings. The number of hydrogen-bond acceptors (Lipinski definition) is 7. The molecule has 1 aromatic carbocycles. The minimum absolute atomic E-state index is 0.246. The van der Waals surface area contributed by atoms with Gasteiger partial charge >= 0.3 is 0 Å². The highest BCUT2D eigenvalue weighted by Crippen LogP contribution is 2.40. The lowest BCUT2D eigenvalue weighted by atomic mass is 9.96. The molecule has 162 valence electrons. The van der Waals surface area contributed by atoms with Crippen LogP contribution in [0.1, 0.15) is 32.1 Å². The van der Waals surface area contributed by atoms with Gasteiger partial charge in [0.1, 0.15) is 5.82 Å². The fourth-order valence-corrected chi connectivity index (χ4v) is 5.37. The van der Waals surface area contributed by atoms with Gasteiger partial charge in [0, 0.05) is 44.0 Å². The fraction of sp³-hybridized carbons (Fsp3) is 0.435. The van der Waals surface area contributed by atoms with Crippen LogP contribution in [0, 0.1) is 5.82 Å². The number of thiazole rings is 1. The molecule has 3 aromatic rings. The lowest BCUT2D eigenvalue weighted by molar-refractivity contribution is 0.461. The van der Waals surface area contributed by atoms with Crippen molar-refractivity contribution in [3.63, 3.8) is 0 Å². The molecule has 2 N–H and O–H groups in total.